The Morgan fingerprint density at radius 2 is 1.74 bits per heavy atom. The van der Waals surface area contributed by atoms with Crippen LogP contribution in [0.4, 0.5) is 0 Å². The summed E-state index contributed by atoms with van der Waals surface area (Å²) in [5.41, 5.74) is 8.01. The SMILES string of the molecule is CC.CCC(C)(CC(C)(N)C(C)C)C(=O)NN(C)N. The average molecular weight is 274 g/mol. The van der Waals surface area contributed by atoms with E-state index < -0.39 is 5.41 Å². The van der Waals surface area contributed by atoms with Gasteiger partial charge in [-0.25, -0.2) is 0 Å². The lowest BCUT2D eigenvalue weighted by Crippen LogP contribution is -2.54. The van der Waals surface area contributed by atoms with E-state index in [4.69, 9.17) is 11.6 Å². The molecule has 19 heavy (non-hydrogen) atoms. The first kappa shape index (κ1) is 20.7. The third kappa shape index (κ3) is 6.89. The molecule has 0 saturated heterocycles. The summed E-state index contributed by atoms with van der Waals surface area (Å²) in [6.07, 6.45) is 1.36. The lowest BCUT2D eigenvalue weighted by Gasteiger charge is -2.38. The number of amides is 1. The molecule has 0 radical (unpaired) electrons. The first-order chi connectivity index (χ1) is 8.55. The second-order valence-electron chi connectivity index (χ2n) is 5.80. The number of carbonyl (C=O) groups is 1. The highest BCUT2D eigenvalue weighted by molar-refractivity contribution is 5.81. The molecule has 0 saturated carbocycles. The number of nitrogens with zero attached hydrogens (tertiary/aromatic N) is 1. The lowest BCUT2D eigenvalue weighted by molar-refractivity contribution is -0.136. The van der Waals surface area contributed by atoms with E-state index in [0.717, 1.165) is 6.42 Å². The number of carbonyl (C=O) groups excluding carboxylic acids is 1. The molecule has 0 aliphatic rings. The number of hydrazine groups is 2. The normalized spacial score (nSPS) is 17.3. The smallest absolute Gasteiger partial charge is 0.241 e. The Hall–Kier alpha value is -0.650. The third-order valence-electron chi connectivity index (χ3n) is 3.70. The van der Waals surface area contributed by atoms with Crippen molar-refractivity contribution >= 4 is 5.91 Å². The molecule has 0 aromatic carbocycles. The maximum atomic E-state index is 12.1. The third-order valence-corrected chi connectivity index (χ3v) is 3.70. The van der Waals surface area contributed by atoms with Gasteiger partial charge in [0.25, 0.3) is 0 Å². The lowest BCUT2D eigenvalue weighted by atomic mass is 9.71. The number of hydrogen-bond donors (Lipinski definition) is 3. The van der Waals surface area contributed by atoms with Crippen LogP contribution in [0.2, 0.25) is 0 Å². The molecule has 0 rings (SSSR count). The fourth-order valence-corrected chi connectivity index (χ4v) is 1.71. The fourth-order valence-electron chi connectivity index (χ4n) is 1.71. The van der Waals surface area contributed by atoms with Gasteiger partial charge in [-0.1, -0.05) is 41.5 Å². The summed E-state index contributed by atoms with van der Waals surface area (Å²) < 4.78 is 0. The minimum absolute atomic E-state index is 0.0812. The molecule has 5 heteroatoms. The van der Waals surface area contributed by atoms with E-state index in [1.165, 1.54) is 5.12 Å². The van der Waals surface area contributed by atoms with Crippen LogP contribution in [0.5, 0.6) is 0 Å². The van der Waals surface area contributed by atoms with Crippen molar-refractivity contribution in [1.82, 2.24) is 10.5 Å². The molecule has 0 bridgehead atoms. The van der Waals surface area contributed by atoms with Gasteiger partial charge in [0.2, 0.25) is 5.91 Å². The Kier molecular flexibility index (Phi) is 9.25. The highest BCUT2D eigenvalue weighted by Crippen LogP contribution is 2.34. The number of nitrogens with two attached hydrogens (primary N) is 2. The van der Waals surface area contributed by atoms with Gasteiger partial charge in [-0.15, -0.1) is 0 Å². The van der Waals surface area contributed by atoms with Crippen LogP contribution in [0.15, 0.2) is 0 Å². The number of hydrogen-bond acceptors (Lipinski definition) is 4. The van der Waals surface area contributed by atoms with E-state index in [1.807, 2.05) is 34.6 Å². The molecule has 5 N–H and O–H groups in total. The van der Waals surface area contributed by atoms with Gasteiger partial charge in [0.1, 0.15) is 0 Å². The second kappa shape index (κ2) is 8.51. The Morgan fingerprint density at radius 1 is 1.32 bits per heavy atom. The van der Waals surface area contributed by atoms with Crippen LogP contribution < -0.4 is 17.0 Å². The minimum Gasteiger partial charge on any atom is -0.325 e. The predicted octanol–water partition coefficient (Wildman–Crippen LogP) is 2.03. The Balaban J connectivity index is 0. The van der Waals surface area contributed by atoms with Crippen LogP contribution >= 0.6 is 0 Å². The monoisotopic (exact) mass is 274 g/mol. The van der Waals surface area contributed by atoms with Crippen molar-refractivity contribution in [3.8, 4) is 0 Å². The molecule has 0 aliphatic heterocycles. The van der Waals surface area contributed by atoms with Gasteiger partial charge in [-0.3, -0.25) is 16.1 Å². The van der Waals surface area contributed by atoms with Gasteiger partial charge in [-0.05, 0) is 25.7 Å². The summed E-state index contributed by atoms with van der Waals surface area (Å²) in [6, 6.07) is 0. The first-order valence-electron chi connectivity index (χ1n) is 7.13. The van der Waals surface area contributed by atoms with Crippen molar-refractivity contribution in [3.63, 3.8) is 0 Å². The molecular formula is C14H34N4O. The van der Waals surface area contributed by atoms with E-state index in [2.05, 4.69) is 19.3 Å². The van der Waals surface area contributed by atoms with Crippen LogP contribution in [0, 0.1) is 11.3 Å². The molecule has 0 spiro atoms. The molecule has 5 nitrogen and oxygen atoms in total. The molecule has 0 heterocycles. The molecule has 0 aromatic rings. The Bertz CT molecular complexity index is 264. The summed E-state index contributed by atoms with van der Waals surface area (Å²) in [4.78, 5) is 12.1. The van der Waals surface area contributed by atoms with Crippen LogP contribution in [0.3, 0.4) is 0 Å². The maximum absolute atomic E-state index is 12.1. The van der Waals surface area contributed by atoms with Crippen molar-refractivity contribution in [1.29, 1.82) is 0 Å². The van der Waals surface area contributed by atoms with Gasteiger partial charge in [0, 0.05) is 18.0 Å². The summed E-state index contributed by atoms with van der Waals surface area (Å²) >= 11 is 0. The van der Waals surface area contributed by atoms with Crippen molar-refractivity contribution < 1.29 is 4.79 Å². The zero-order valence-electron chi connectivity index (χ0n) is 14.0. The molecule has 0 fully saturated rings. The average Bonchev–Trinajstić information content (AvgIpc) is 2.29. The van der Waals surface area contributed by atoms with Crippen LogP contribution in [-0.2, 0) is 4.79 Å². The second-order valence-corrected chi connectivity index (χ2v) is 5.80. The molecule has 2 unspecified atom stereocenters. The van der Waals surface area contributed by atoms with Crippen molar-refractivity contribution in [2.24, 2.45) is 22.9 Å². The van der Waals surface area contributed by atoms with Crippen molar-refractivity contribution in [3.05, 3.63) is 0 Å². The van der Waals surface area contributed by atoms with Crippen molar-refractivity contribution in [2.45, 2.75) is 66.8 Å². The first-order valence-corrected chi connectivity index (χ1v) is 7.13. The molecule has 116 valence electrons. The van der Waals surface area contributed by atoms with Crippen LogP contribution in [0.1, 0.15) is 61.3 Å². The van der Waals surface area contributed by atoms with Gasteiger partial charge >= 0.3 is 0 Å². The standard InChI is InChI=1S/C12H28N4O.C2H6/c1-7-11(4,10(17)15-16(6)14)8-12(5,13)9(2)3;1-2/h9H,7-8,13-14H2,1-6H3,(H,15,17);1-2H3. The topological polar surface area (TPSA) is 84.4 Å². The zero-order chi connectivity index (χ0) is 15.9. The molecule has 1 amide bonds. The molecular weight excluding hydrogens is 240 g/mol. The molecule has 0 aromatic heterocycles. The largest absolute Gasteiger partial charge is 0.325 e. The maximum Gasteiger partial charge on any atom is 0.241 e. The zero-order valence-corrected chi connectivity index (χ0v) is 14.0. The predicted molar refractivity (Wildman–Crippen MR) is 81.9 cm³/mol. The Labute approximate surface area is 119 Å². The summed E-state index contributed by atoms with van der Waals surface area (Å²) in [5.74, 6) is 5.67. The highest BCUT2D eigenvalue weighted by atomic mass is 16.2. The minimum atomic E-state index is -0.499. The van der Waals surface area contributed by atoms with Gasteiger partial charge in [0.05, 0.1) is 0 Å². The fraction of sp³-hybridized carbons (Fsp3) is 0.929. The Morgan fingerprint density at radius 3 is 2.00 bits per heavy atom. The van der Waals surface area contributed by atoms with Crippen LogP contribution in [0.25, 0.3) is 0 Å². The quantitative estimate of drug-likeness (QED) is 0.511. The highest BCUT2D eigenvalue weighted by Gasteiger charge is 2.39. The van der Waals surface area contributed by atoms with E-state index in [0.29, 0.717) is 12.3 Å². The summed E-state index contributed by atoms with van der Waals surface area (Å²) in [7, 11) is 1.60. The van der Waals surface area contributed by atoms with E-state index in [-0.39, 0.29) is 11.4 Å². The van der Waals surface area contributed by atoms with Gasteiger partial charge in [0.15, 0.2) is 0 Å². The summed E-state index contributed by atoms with van der Waals surface area (Å²) in [5, 5.41) is 1.18. The number of rotatable bonds is 6. The number of nitrogens with one attached hydrogen (secondary N) is 1. The van der Waals surface area contributed by atoms with Gasteiger partial charge < -0.3 is 5.73 Å². The molecule has 2 atom stereocenters. The van der Waals surface area contributed by atoms with Crippen LogP contribution in [-0.4, -0.2) is 23.6 Å². The van der Waals surface area contributed by atoms with E-state index in [9.17, 15) is 4.79 Å². The van der Waals surface area contributed by atoms with E-state index >= 15 is 0 Å². The molecule has 0 aliphatic carbocycles. The van der Waals surface area contributed by atoms with E-state index in [1.54, 1.807) is 7.05 Å². The summed E-state index contributed by atoms with van der Waals surface area (Å²) in [6.45, 7) is 14.1. The van der Waals surface area contributed by atoms with Gasteiger partial charge in [-0.2, -0.15) is 5.12 Å². The van der Waals surface area contributed by atoms with Crippen molar-refractivity contribution in [2.75, 3.05) is 7.05 Å².